The Labute approximate surface area is 111 Å². The molecule has 0 aromatic rings. The molecule has 2 amide bonds. The van der Waals surface area contributed by atoms with Gasteiger partial charge in [-0.25, -0.2) is 4.39 Å². The SMILES string of the molecule is CCN1C(=O)CO[C@@H]2CN(C(=O)C3(F)CCC3)C[C@H]21. The molecule has 0 radical (unpaired) electrons. The van der Waals surface area contributed by atoms with E-state index in [-0.39, 0.29) is 24.7 Å². The van der Waals surface area contributed by atoms with Crippen LogP contribution in [0.15, 0.2) is 0 Å². The highest BCUT2D eigenvalue weighted by Crippen LogP contribution is 2.38. The van der Waals surface area contributed by atoms with E-state index in [0.29, 0.717) is 32.5 Å². The van der Waals surface area contributed by atoms with Crippen LogP contribution in [-0.2, 0) is 14.3 Å². The lowest BCUT2D eigenvalue weighted by Gasteiger charge is -2.36. The summed E-state index contributed by atoms with van der Waals surface area (Å²) in [5, 5.41) is 0. The van der Waals surface area contributed by atoms with Crippen LogP contribution in [0.2, 0.25) is 0 Å². The zero-order valence-electron chi connectivity index (χ0n) is 11.1. The third-order valence-electron chi connectivity index (χ3n) is 4.54. The molecule has 1 aliphatic carbocycles. The molecule has 5 nitrogen and oxygen atoms in total. The molecular weight excluding hydrogens is 251 g/mol. The Hall–Kier alpha value is -1.17. The summed E-state index contributed by atoms with van der Waals surface area (Å²) < 4.78 is 19.7. The number of carbonyl (C=O) groups excluding carboxylic acids is 2. The first-order chi connectivity index (χ1) is 9.05. The normalized spacial score (nSPS) is 33.1. The first-order valence-corrected chi connectivity index (χ1v) is 6.94. The molecule has 0 aromatic carbocycles. The van der Waals surface area contributed by atoms with Crippen LogP contribution in [0.1, 0.15) is 26.2 Å². The molecule has 0 unspecified atom stereocenters. The van der Waals surface area contributed by atoms with Crippen molar-refractivity contribution in [2.45, 2.75) is 44.0 Å². The second-order valence-electron chi connectivity index (χ2n) is 5.63. The van der Waals surface area contributed by atoms with Crippen molar-refractivity contribution < 1.29 is 18.7 Å². The van der Waals surface area contributed by atoms with Gasteiger partial charge < -0.3 is 14.5 Å². The van der Waals surface area contributed by atoms with E-state index in [1.165, 1.54) is 4.90 Å². The average molecular weight is 270 g/mol. The molecule has 0 aromatic heterocycles. The van der Waals surface area contributed by atoms with E-state index in [1.807, 2.05) is 6.92 Å². The van der Waals surface area contributed by atoms with Gasteiger partial charge in [-0.2, -0.15) is 0 Å². The van der Waals surface area contributed by atoms with Gasteiger partial charge in [0.15, 0.2) is 5.67 Å². The van der Waals surface area contributed by atoms with Gasteiger partial charge in [0.2, 0.25) is 5.91 Å². The first kappa shape index (κ1) is 12.8. The number of hydrogen-bond donors (Lipinski definition) is 0. The fourth-order valence-corrected chi connectivity index (χ4v) is 3.23. The van der Waals surface area contributed by atoms with Gasteiger partial charge in [0, 0.05) is 19.6 Å². The number of carbonyl (C=O) groups is 2. The molecule has 0 N–H and O–H groups in total. The predicted octanol–water partition coefficient (Wildman–Crippen LogP) is 0.337. The minimum absolute atomic E-state index is 0.0448. The Morgan fingerprint density at radius 1 is 1.47 bits per heavy atom. The number of hydrogen-bond acceptors (Lipinski definition) is 3. The highest BCUT2D eigenvalue weighted by molar-refractivity contribution is 5.87. The number of amides is 2. The molecule has 3 fully saturated rings. The quantitative estimate of drug-likeness (QED) is 0.727. The molecule has 0 bridgehead atoms. The van der Waals surface area contributed by atoms with E-state index < -0.39 is 11.6 Å². The molecule has 19 heavy (non-hydrogen) atoms. The molecule has 3 rings (SSSR count). The van der Waals surface area contributed by atoms with Crippen LogP contribution in [0.5, 0.6) is 0 Å². The van der Waals surface area contributed by atoms with Crippen LogP contribution in [0.25, 0.3) is 0 Å². The minimum Gasteiger partial charge on any atom is -0.364 e. The first-order valence-electron chi connectivity index (χ1n) is 6.94. The number of rotatable bonds is 2. The lowest BCUT2D eigenvalue weighted by atomic mass is 9.81. The molecule has 0 spiro atoms. The van der Waals surface area contributed by atoms with Crippen LogP contribution >= 0.6 is 0 Å². The van der Waals surface area contributed by atoms with Crippen molar-refractivity contribution in [3.63, 3.8) is 0 Å². The molecule has 3 aliphatic rings. The Morgan fingerprint density at radius 3 is 2.79 bits per heavy atom. The number of alkyl halides is 1. The monoisotopic (exact) mass is 270 g/mol. The van der Waals surface area contributed by atoms with Crippen molar-refractivity contribution in [3.8, 4) is 0 Å². The number of likely N-dealkylation sites (N-methyl/N-ethyl adjacent to an activating group) is 1. The zero-order chi connectivity index (χ0) is 13.6. The maximum atomic E-state index is 14.2. The third kappa shape index (κ3) is 1.93. The van der Waals surface area contributed by atoms with E-state index in [2.05, 4.69) is 0 Å². The number of halogens is 1. The summed E-state index contributed by atoms with van der Waals surface area (Å²) >= 11 is 0. The summed E-state index contributed by atoms with van der Waals surface area (Å²) in [5.74, 6) is -0.461. The molecule has 2 heterocycles. The maximum Gasteiger partial charge on any atom is 0.260 e. The third-order valence-corrected chi connectivity index (χ3v) is 4.54. The molecule has 6 heteroatoms. The van der Waals surface area contributed by atoms with Crippen molar-refractivity contribution in [2.24, 2.45) is 0 Å². The Balaban J connectivity index is 1.72. The standard InChI is InChI=1S/C13H19FN2O3/c1-2-16-9-6-15(7-10(9)19-8-11(16)17)12(18)13(14)4-3-5-13/h9-10H,2-8H2,1H3/t9-,10-/m1/s1. The number of ether oxygens (including phenoxy) is 1. The highest BCUT2D eigenvalue weighted by Gasteiger charge is 2.51. The topological polar surface area (TPSA) is 49.9 Å². The van der Waals surface area contributed by atoms with Crippen molar-refractivity contribution in [1.82, 2.24) is 9.80 Å². The summed E-state index contributed by atoms with van der Waals surface area (Å²) in [6, 6.07) is -0.112. The number of nitrogens with zero attached hydrogens (tertiary/aromatic N) is 2. The smallest absolute Gasteiger partial charge is 0.260 e. The van der Waals surface area contributed by atoms with Gasteiger partial charge in [0.1, 0.15) is 6.61 Å². The minimum atomic E-state index is -1.66. The van der Waals surface area contributed by atoms with Crippen molar-refractivity contribution in [2.75, 3.05) is 26.2 Å². The van der Waals surface area contributed by atoms with E-state index in [4.69, 9.17) is 4.74 Å². The van der Waals surface area contributed by atoms with E-state index in [1.54, 1.807) is 4.90 Å². The van der Waals surface area contributed by atoms with E-state index >= 15 is 0 Å². The second kappa shape index (κ2) is 4.44. The van der Waals surface area contributed by atoms with Gasteiger partial charge in [-0.1, -0.05) is 0 Å². The Kier molecular flexibility index (Phi) is 3.00. The fourth-order valence-electron chi connectivity index (χ4n) is 3.23. The van der Waals surface area contributed by atoms with Crippen LogP contribution in [-0.4, -0.2) is 65.7 Å². The molecule has 2 atom stereocenters. The number of morpholine rings is 1. The number of fused-ring (bicyclic) bond motifs is 1. The summed E-state index contributed by atoms with van der Waals surface area (Å²) in [6.45, 7) is 3.38. The largest absolute Gasteiger partial charge is 0.364 e. The lowest BCUT2D eigenvalue weighted by molar-refractivity contribution is -0.152. The van der Waals surface area contributed by atoms with Gasteiger partial charge in [0.25, 0.3) is 5.91 Å². The zero-order valence-corrected chi connectivity index (χ0v) is 11.1. The summed E-state index contributed by atoms with van der Waals surface area (Å²) in [7, 11) is 0. The maximum absolute atomic E-state index is 14.2. The van der Waals surface area contributed by atoms with Crippen molar-refractivity contribution in [1.29, 1.82) is 0 Å². The number of likely N-dealkylation sites (tertiary alicyclic amines) is 1. The Morgan fingerprint density at radius 2 is 2.21 bits per heavy atom. The van der Waals surface area contributed by atoms with Gasteiger partial charge in [-0.05, 0) is 26.2 Å². The molecule has 1 saturated carbocycles. The molecular formula is C13H19FN2O3. The van der Waals surface area contributed by atoms with Crippen LogP contribution in [0, 0.1) is 0 Å². The summed E-state index contributed by atoms with van der Waals surface area (Å²) in [6.07, 6.45) is 1.27. The van der Waals surface area contributed by atoms with Gasteiger partial charge in [-0.15, -0.1) is 0 Å². The fraction of sp³-hybridized carbons (Fsp3) is 0.846. The van der Waals surface area contributed by atoms with E-state index in [9.17, 15) is 14.0 Å². The molecule has 106 valence electrons. The summed E-state index contributed by atoms with van der Waals surface area (Å²) in [4.78, 5) is 27.2. The van der Waals surface area contributed by atoms with Gasteiger partial charge in [0.05, 0.1) is 12.1 Å². The van der Waals surface area contributed by atoms with Crippen LogP contribution < -0.4 is 0 Å². The van der Waals surface area contributed by atoms with E-state index in [0.717, 1.165) is 6.42 Å². The lowest BCUT2D eigenvalue weighted by Crippen LogP contribution is -2.54. The predicted molar refractivity (Wildman–Crippen MR) is 65.2 cm³/mol. The van der Waals surface area contributed by atoms with Gasteiger partial charge >= 0.3 is 0 Å². The van der Waals surface area contributed by atoms with Crippen molar-refractivity contribution >= 4 is 11.8 Å². The Bertz CT molecular complexity index is 411. The molecule has 2 saturated heterocycles. The highest BCUT2D eigenvalue weighted by atomic mass is 19.1. The van der Waals surface area contributed by atoms with Crippen LogP contribution in [0.3, 0.4) is 0 Å². The molecule has 2 aliphatic heterocycles. The second-order valence-corrected chi connectivity index (χ2v) is 5.63. The van der Waals surface area contributed by atoms with Crippen LogP contribution in [0.4, 0.5) is 4.39 Å². The van der Waals surface area contributed by atoms with Gasteiger partial charge in [-0.3, -0.25) is 9.59 Å². The average Bonchev–Trinajstić information content (AvgIpc) is 2.78. The summed E-state index contributed by atoms with van der Waals surface area (Å²) in [5.41, 5.74) is -1.66. The van der Waals surface area contributed by atoms with Crippen molar-refractivity contribution in [3.05, 3.63) is 0 Å².